The highest BCUT2D eigenvalue weighted by Gasteiger charge is 2.23. The lowest BCUT2D eigenvalue weighted by Crippen LogP contribution is -2.50. The lowest BCUT2D eigenvalue weighted by Gasteiger charge is -2.36. The minimum absolute atomic E-state index is 0.134. The van der Waals surface area contributed by atoms with E-state index in [0.29, 0.717) is 0 Å². The standard InChI is InChI=1S/C22H31N3O3/c1-18(17-21(26)27)7-6-11-23-12-10-19(2)22(28)25-15-13-24(14-16-25)20-8-4-3-5-9-20/h3-5,8-12,18-19H,6-7,13-17H2,1-2H3,(H,26,27)/b12-10+,23-11?. The van der Waals surface area contributed by atoms with Crippen molar-refractivity contribution in [1.29, 1.82) is 0 Å². The van der Waals surface area contributed by atoms with Crippen molar-refractivity contribution in [3.63, 3.8) is 0 Å². The van der Waals surface area contributed by atoms with E-state index >= 15 is 0 Å². The number of carboxylic acid groups (broad SMARTS) is 1. The summed E-state index contributed by atoms with van der Waals surface area (Å²) in [5, 5.41) is 8.73. The van der Waals surface area contributed by atoms with Crippen LogP contribution in [0.4, 0.5) is 5.69 Å². The topological polar surface area (TPSA) is 73.2 Å². The van der Waals surface area contributed by atoms with Gasteiger partial charge >= 0.3 is 5.97 Å². The SMILES string of the molecule is CC(CCC=N/C=C/C(C)C(=O)N1CCN(c2ccccc2)CC1)CC(=O)O. The van der Waals surface area contributed by atoms with E-state index in [1.807, 2.05) is 43.0 Å². The molecule has 0 aliphatic carbocycles. The molecule has 1 aromatic carbocycles. The fraction of sp³-hybridized carbons (Fsp3) is 0.500. The van der Waals surface area contributed by atoms with Gasteiger partial charge in [0, 0.05) is 50.7 Å². The first-order valence-corrected chi connectivity index (χ1v) is 9.96. The predicted molar refractivity (Wildman–Crippen MR) is 113 cm³/mol. The number of carbonyl (C=O) groups excluding carboxylic acids is 1. The number of benzene rings is 1. The molecule has 2 rings (SSSR count). The van der Waals surface area contributed by atoms with E-state index in [4.69, 9.17) is 5.11 Å². The minimum atomic E-state index is -0.763. The number of aliphatic imine (C=N–C) groups is 1. The zero-order valence-corrected chi connectivity index (χ0v) is 16.8. The van der Waals surface area contributed by atoms with Crippen LogP contribution in [0.25, 0.3) is 0 Å². The molecule has 2 unspecified atom stereocenters. The first-order valence-electron chi connectivity index (χ1n) is 9.96. The second-order valence-electron chi connectivity index (χ2n) is 7.39. The smallest absolute Gasteiger partial charge is 0.303 e. The molecule has 1 N–H and O–H groups in total. The quantitative estimate of drug-likeness (QED) is 0.661. The molecule has 1 aliphatic heterocycles. The van der Waals surface area contributed by atoms with Gasteiger partial charge in [0.05, 0.1) is 5.92 Å². The Hall–Kier alpha value is -2.63. The van der Waals surface area contributed by atoms with Crippen molar-refractivity contribution < 1.29 is 14.7 Å². The third kappa shape index (κ3) is 7.18. The van der Waals surface area contributed by atoms with Crippen LogP contribution < -0.4 is 4.90 Å². The van der Waals surface area contributed by atoms with Gasteiger partial charge in [0.25, 0.3) is 0 Å². The van der Waals surface area contributed by atoms with Crippen molar-refractivity contribution in [2.75, 3.05) is 31.1 Å². The van der Waals surface area contributed by atoms with Gasteiger partial charge in [-0.2, -0.15) is 0 Å². The Morgan fingerprint density at radius 1 is 1.14 bits per heavy atom. The molecule has 0 bridgehead atoms. The van der Waals surface area contributed by atoms with Gasteiger partial charge in [0.15, 0.2) is 0 Å². The van der Waals surface area contributed by atoms with Gasteiger partial charge in [0.2, 0.25) is 5.91 Å². The third-order valence-corrected chi connectivity index (χ3v) is 4.98. The van der Waals surface area contributed by atoms with E-state index in [9.17, 15) is 9.59 Å². The Morgan fingerprint density at radius 2 is 1.82 bits per heavy atom. The Morgan fingerprint density at radius 3 is 2.46 bits per heavy atom. The number of amides is 1. The van der Waals surface area contributed by atoms with Crippen LogP contribution >= 0.6 is 0 Å². The maximum atomic E-state index is 12.6. The summed E-state index contributed by atoms with van der Waals surface area (Å²) in [6, 6.07) is 10.3. The van der Waals surface area contributed by atoms with Crippen molar-refractivity contribution in [1.82, 2.24) is 4.90 Å². The summed E-state index contributed by atoms with van der Waals surface area (Å²) >= 11 is 0. The molecule has 0 saturated carbocycles. The van der Waals surface area contributed by atoms with Gasteiger partial charge in [-0.1, -0.05) is 38.1 Å². The lowest BCUT2D eigenvalue weighted by atomic mass is 10.0. The number of piperazine rings is 1. The molecule has 1 saturated heterocycles. The number of rotatable bonds is 9. The fourth-order valence-electron chi connectivity index (χ4n) is 3.27. The van der Waals surface area contributed by atoms with Crippen LogP contribution in [0.1, 0.15) is 33.1 Å². The molecule has 0 radical (unpaired) electrons. The highest BCUT2D eigenvalue weighted by molar-refractivity contribution is 5.80. The Labute approximate surface area is 167 Å². The molecule has 6 nitrogen and oxygen atoms in total. The monoisotopic (exact) mass is 385 g/mol. The molecule has 1 aliphatic rings. The van der Waals surface area contributed by atoms with Crippen LogP contribution in [0.2, 0.25) is 0 Å². The summed E-state index contributed by atoms with van der Waals surface area (Å²) in [6.45, 7) is 6.98. The van der Waals surface area contributed by atoms with Gasteiger partial charge in [-0.3, -0.25) is 14.6 Å². The van der Waals surface area contributed by atoms with Gasteiger partial charge in [-0.25, -0.2) is 0 Å². The number of hydrogen-bond acceptors (Lipinski definition) is 4. The lowest BCUT2D eigenvalue weighted by molar-refractivity contribution is -0.138. The molecular weight excluding hydrogens is 354 g/mol. The predicted octanol–water partition coefficient (Wildman–Crippen LogP) is 3.45. The summed E-state index contributed by atoms with van der Waals surface area (Å²) in [5.74, 6) is -0.690. The van der Waals surface area contributed by atoms with Crippen molar-refractivity contribution in [2.45, 2.75) is 33.1 Å². The van der Waals surface area contributed by atoms with Crippen LogP contribution in [0.3, 0.4) is 0 Å². The molecule has 1 aromatic rings. The summed E-state index contributed by atoms with van der Waals surface area (Å²) in [6.07, 6.45) is 7.00. The minimum Gasteiger partial charge on any atom is -0.481 e. The van der Waals surface area contributed by atoms with E-state index in [-0.39, 0.29) is 24.2 Å². The molecule has 0 spiro atoms. The molecule has 0 aromatic heterocycles. The summed E-state index contributed by atoms with van der Waals surface area (Å²) < 4.78 is 0. The average Bonchev–Trinajstić information content (AvgIpc) is 2.70. The maximum Gasteiger partial charge on any atom is 0.303 e. The number of carbonyl (C=O) groups is 2. The van der Waals surface area contributed by atoms with Crippen molar-refractivity contribution in [3.05, 3.63) is 42.6 Å². The number of nitrogens with zero attached hydrogens (tertiary/aromatic N) is 3. The highest BCUT2D eigenvalue weighted by Crippen LogP contribution is 2.17. The number of aliphatic carboxylic acids is 1. The van der Waals surface area contributed by atoms with E-state index in [2.05, 4.69) is 22.0 Å². The highest BCUT2D eigenvalue weighted by atomic mass is 16.4. The fourth-order valence-corrected chi connectivity index (χ4v) is 3.27. The maximum absolute atomic E-state index is 12.6. The molecule has 1 fully saturated rings. The second kappa shape index (κ2) is 11.3. The number of hydrogen-bond donors (Lipinski definition) is 1. The third-order valence-electron chi connectivity index (χ3n) is 4.98. The molecule has 1 heterocycles. The van der Waals surface area contributed by atoms with Gasteiger partial charge in [0.1, 0.15) is 0 Å². The summed E-state index contributed by atoms with van der Waals surface area (Å²) in [5.41, 5.74) is 1.20. The summed E-state index contributed by atoms with van der Waals surface area (Å²) in [7, 11) is 0. The second-order valence-corrected chi connectivity index (χ2v) is 7.39. The number of anilines is 1. The Bertz CT molecular complexity index is 680. The van der Waals surface area contributed by atoms with Crippen LogP contribution in [0.15, 0.2) is 47.6 Å². The molecule has 1 amide bonds. The Balaban J connectivity index is 1.70. The van der Waals surface area contributed by atoms with E-state index < -0.39 is 5.97 Å². The zero-order chi connectivity index (χ0) is 20.4. The molecule has 152 valence electrons. The van der Waals surface area contributed by atoms with Crippen molar-refractivity contribution in [3.8, 4) is 0 Å². The molecule has 2 atom stereocenters. The Kier molecular flexibility index (Phi) is 8.72. The zero-order valence-electron chi connectivity index (χ0n) is 16.8. The summed E-state index contributed by atoms with van der Waals surface area (Å²) in [4.78, 5) is 31.7. The van der Waals surface area contributed by atoms with Gasteiger partial charge in [-0.15, -0.1) is 0 Å². The van der Waals surface area contributed by atoms with Crippen molar-refractivity contribution in [2.24, 2.45) is 16.8 Å². The largest absolute Gasteiger partial charge is 0.481 e. The van der Waals surface area contributed by atoms with Crippen LogP contribution in [0.5, 0.6) is 0 Å². The average molecular weight is 386 g/mol. The van der Waals surface area contributed by atoms with Crippen LogP contribution in [-0.2, 0) is 9.59 Å². The van der Waals surface area contributed by atoms with Crippen LogP contribution in [0, 0.1) is 11.8 Å². The molecule has 28 heavy (non-hydrogen) atoms. The van der Waals surface area contributed by atoms with E-state index in [0.717, 1.165) is 39.0 Å². The normalized spacial score (nSPS) is 17.2. The molecule has 6 heteroatoms. The van der Waals surface area contributed by atoms with Crippen molar-refractivity contribution >= 4 is 23.8 Å². The number of para-hydroxylation sites is 1. The van der Waals surface area contributed by atoms with E-state index in [1.54, 1.807) is 12.4 Å². The number of carboxylic acids is 1. The van der Waals surface area contributed by atoms with E-state index in [1.165, 1.54) is 5.69 Å². The molecular formula is C22H31N3O3. The van der Waals surface area contributed by atoms with Gasteiger partial charge < -0.3 is 14.9 Å². The van der Waals surface area contributed by atoms with Gasteiger partial charge in [-0.05, 0) is 30.9 Å². The first-order chi connectivity index (χ1) is 13.5. The first kappa shape index (κ1) is 21.7. The van der Waals surface area contributed by atoms with Crippen LogP contribution in [-0.4, -0.2) is 54.3 Å².